The highest BCUT2D eigenvalue weighted by Gasteiger charge is 2.34. The van der Waals surface area contributed by atoms with Crippen molar-refractivity contribution in [3.8, 4) is 0 Å². The molecule has 0 aromatic carbocycles. The maximum Gasteiger partial charge on any atom is 0.0881 e. The average molecular weight is 186 g/mol. The standard InChI is InChI=1S/C10H18O3/c1-7-3-4-8(5-9(7)12)10(2,13)6-11/h3,8-9,11-13H,4-6H2,1-2H3/t8-,9+,10+/m1/s1. The van der Waals surface area contributed by atoms with E-state index in [-0.39, 0.29) is 12.5 Å². The Kier molecular flexibility index (Phi) is 3.11. The second kappa shape index (κ2) is 3.78. The molecular weight excluding hydrogens is 168 g/mol. The fourth-order valence-corrected chi connectivity index (χ4v) is 1.65. The second-order valence-corrected chi connectivity index (χ2v) is 4.15. The summed E-state index contributed by atoms with van der Waals surface area (Å²) < 4.78 is 0. The third kappa shape index (κ3) is 2.30. The number of hydrogen-bond donors (Lipinski definition) is 3. The van der Waals surface area contributed by atoms with Gasteiger partial charge >= 0.3 is 0 Å². The Morgan fingerprint density at radius 2 is 2.23 bits per heavy atom. The Morgan fingerprint density at radius 3 is 2.69 bits per heavy atom. The molecule has 3 N–H and O–H groups in total. The van der Waals surface area contributed by atoms with Gasteiger partial charge < -0.3 is 15.3 Å². The molecule has 13 heavy (non-hydrogen) atoms. The van der Waals surface area contributed by atoms with Gasteiger partial charge in [-0.25, -0.2) is 0 Å². The summed E-state index contributed by atoms with van der Waals surface area (Å²) in [6.45, 7) is 3.24. The smallest absolute Gasteiger partial charge is 0.0881 e. The van der Waals surface area contributed by atoms with Gasteiger partial charge in [-0.1, -0.05) is 6.08 Å². The van der Waals surface area contributed by atoms with Gasteiger partial charge in [0.2, 0.25) is 0 Å². The van der Waals surface area contributed by atoms with E-state index in [9.17, 15) is 10.2 Å². The van der Waals surface area contributed by atoms with Crippen molar-refractivity contribution in [3.63, 3.8) is 0 Å². The molecule has 3 atom stereocenters. The molecule has 0 spiro atoms. The summed E-state index contributed by atoms with van der Waals surface area (Å²) in [5.41, 5.74) is -0.108. The highest BCUT2D eigenvalue weighted by atomic mass is 16.3. The fraction of sp³-hybridized carbons (Fsp3) is 0.800. The predicted octanol–water partition coefficient (Wildman–Crippen LogP) is 0.447. The van der Waals surface area contributed by atoms with Gasteiger partial charge in [-0.2, -0.15) is 0 Å². The van der Waals surface area contributed by atoms with Crippen molar-refractivity contribution in [3.05, 3.63) is 11.6 Å². The maximum absolute atomic E-state index is 9.76. The van der Waals surface area contributed by atoms with Gasteiger partial charge in [-0.15, -0.1) is 0 Å². The van der Waals surface area contributed by atoms with Crippen LogP contribution < -0.4 is 0 Å². The van der Waals surface area contributed by atoms with Crippen LogP contribution >= 0.6 is 0 Å². The quantitative estimate of drug-likeness (QED) is 0.549. The third-order valence-corrected chi connectivity index (χ3v) is 2.96. The van der Waals surface area contributed by atoms with Crippen LogP contribution in [0.4, 0.5) is 0 Å². The number of aliphatic hydroxyl groups is 3. The van der Waals surface area contributed by atoms with E-state index in [1.54, 1.807) is 6.92 Å². The molecule has 76 valence electrons. The average Bonchev–Trinajstić information content (AvgIpc) is 2.09. The first-order valence-electron chi connectivity index (χ1n) is 4.65. The van der Waals surface area contributed by atoms with Gasteiger partial charge in [-0.3, -0.25) is 0 Å². The molecule has 3 heteroatoms. The highest BCUT2D eigenvalue weighted by molar-refractivity contribution is 5.11. The van der Waals surface area contributed by atoms with Crippen LogP contribution in [-0.2, 0) is 0 Å². The lowest BCUT2D eigenvalue weighted by atomic mass is 9.78. The van der Waals surface area contributed by atoms with E-state index in [0.29, 0.717) is 6.42 Å². The molecule has 0 aromatic heterocycles. The largest absolute Gasteiger partial charge is 0.393 e. The summed E-state index contributed by atoms with van der Waals surface area (Å²) in [5.74, 6) is -0.0452. The Bertz CT molecular complexity index is 208. The molecule has 0 aliphatic heterocycles. The van der Waals surface area contributed by atoms with Gasteiger partial charge in [0.15, 0.2) is 0 Å². The summed E-state index contributed by atoms with van der Waals surface area (Å²) in [6, 6.07) is 0. The SMILES string of the molecule is CC1=CC[C@@H]([C@@](C)(O)CO)C[C@@H]1O. The fourth-order valence-electron chi connectivity index (χ4n) is 1.65. The number of allylic oxidation sites excluding steroid dienone is 1. The van der Waals surface area contributed by atoms with Crippen LogP contribution in [-0.4, -0.2) is 33.6 Å². The number of aliphatic hydroxyl groups excluding tert-OH is 2. The second-order valence-electron chi connectivity index (χ2n) is 4.15. The molecule has 1 aliphatic rings. The summed E-state index contributed by atoms with van der Waals surface area (Å²) in [7, 11) is 0. The van der Waals surface area contributed by atoms with Crippen LogP contribution in [0.15, 0.2) is 11.6 Å². The monoisotopic (exact) mass is 186 g/mol. The molecule has 1 aliphatic carbocycles. The predicted molar refractivity (Wildman–Crippen MR) is 50.2 cm³/mol. The van der Waals surface area contributed by atoms with Crippen molar-refractivity contribution in [2.45, 2.75) is 38.4 Å². The molecular formula is C10H18O3. The molecule has 0 aromatic rings. The van der Waals surface area contributed by atoms with E-state index in [4.69, 9.17) is 5.11 Å². The van der Waals surface area contributed by atoms with Crippen molar-refractivity contribution < 1.29 is 15.3 Å². The van der Waals surface area contributed by atoms with E-state index in [1.807, 2.05) is 13.0 Å². The van der Waals surface area contributed by atoms with Crippen LogP contribution in [0.5, 0.6) is 0 Å². The summed E-state index contributed by atoms with van der Waals surface area (Å²) in [5, 5.41) is 28.3. The molecule has 0 saturated carbocycles. The molecule has 0 bridgehead atoms. The van der Waals surface area contributed by atoms with Gasteiger partial charge in [0.25, 0.3) is 0 Å². The van der Waals surface area contributed by atoms with Crippen LogP contribution in [0.2, 0.25) is 0 Å². The minimum atomic E-state index is -1.07. The molecule has 0 unspecified atom stereocenters. The third-order valence-electron chi connectivity index (χ3n) is 2.96. The van der Waals surface area contributed by atoms with Crippen molar-refractivity contribution in [1.82, 2.24) is 0 Å². The van der Waals surface area contributed by atoms with Crippen molar-refractivity contribution in [2.24, 2.45) is 5.92 Å². The zero-order valence-electron chi connectivity index (χ0n) is 8.20. The highest BCUT2D eigenvalue weighted by Crippen LogP contribution is 2.31. The maximum atomic E-state index is 9.76. The van der Waals surface area contributed by atoms with Crippen LogP contribution in [0, 0.1) is 5.92 Å². The van der Waals surface area contributed by atoms with Gasteiger partial charge in [0.1, 0.15) is 0 Å². The minimum absolute atomic E-state index is 0.0452. The van der Waals surface area contributed by atoms with E-state index in [2.05, 4.69) is 0 Å². The molecule has 3 nitrogen and oxygen atoms in total. The van der Waals surface area contributed by atoms with E-state index >= 15 is 0 Å². The van der Waals surface area contributed by atoms with Crippen molar-refractivity contribution in [2.75, 3.05) is 6.61 Å². The zero-order chi connectivity index (χ0) is 10.1. The van der Waals surface area contributed by atoms with Crippen LogP contribution in [0.25, 0.3) is 0 Å². The molecule has 1 rings (SSSR count). The van der Waals surface area contributed by atoms with Crippen molar-refractivity contribution in [1.29, 1.82) is 0 Å². The Hall–Kier alpha value is -0.380. The lowest BCUT2D eigenvalue weighted by molar-refractivity contribution is -0.0598. The molecule has 0 saturated heterocycles. The van der Waals surface area contributed by atoms with Gasteiger partial charge in [0, 0.05) is 0 Å². The Morgan fingerprint density at radius 1 is 1.62 bits per heavy atom. The van der Waals surface area contributed by atoms with Crippen LogP contribution in [0.1, 0.15) is 26.7 Å². The lowest BCUT2D eigenvalue weighted by Gasteiger charge is -2.35. The minimum Gasteiger partial charge on any atom is -0.393 e. The van der Waals surface area contributed by atoms with Crippen LogP contribution in [0.3, 0.4) is 0 Å². The first-order valence-corrected chi connectivity index (χ1v) is 4.65. The van der Waals surface area contributed by atoms with Gasteiger partial charge in [-0.05, 0) is 38.2 Å². The van der Waals surface area contributed by atoms with Crippen molar-refractivity contribution >= 4 is 0 Å². The molecule has 0 fully saturated rings. The molecule has 0 radical (unpaired) electrons. The summed E-state index contributed by atoms with van der Waals surface area (Å²) >= 11 is 0. The Labute approximate surface area is 78.7 Å². The Balaban J connectivity index is 2.67. The van der Waals surface area contributed by atoms with E-state index in [0.717, 1.165) is 12.0 Å². The first-order chi connectivity index (χ1) is 5.97. The zero-order valence-corrected chi connectivity index (χ0v) is 8.20. The van der Waals surface area contributed by atoms with E-state index < -0.39 is 11.7 Å². The van der Waals surface area contributed by atoms with Gasteiger partial charge in [0.05, 0.1) is 18.3 Å². The van der Waals surface area contributed by atoms with E-state index in [1.165, 1.54) is 0 Å². The normalized spacial score (nSPS) is 33.8. The molecule has 0 heterocycles. The summed E-state index contributed by atoms with van der Waals surface area (Å²) in [6.07, 6.45) is 2.74. The lowest BCUT2D eigenvalue weighted by Crippen LogP contribution is -2.41. The summed E-state index contributed by atoms with van der Waals surface area (Å²) in [4.78, 5) is 0. The molecule has 0 amide bonds. The topological polar surface area (TPSA) is 60.7 Å². The number of hydrogen-bond acceptors (Lipinski definition) is 3. The first kappa shape index (κ1) is 10.7. The number of rotatable bonds is 2.